The van der Waals surface area contributed by atoms with Crippen LogP contribution in [0.3, 0.4) is 0 Å². The predicted octanol–water partition coefficient (Wildman–Crippen LogP) is 3.60. The van der Waals surface area contributed by atoms with E-state index in [9.17, 15) is 0 Å². The molecular weight excluding hydrogens is 234 g/mol. The van der Waals surface area contributed by atoms with Crippen LogP contribution in [0.15, 0.2) is 18.2 Å². The van der Waals surface area contributed by atoms with Crippen molar-refractivity contribution >= 4 is 17.3 Å². The van der Waals surface area contributed by atoms with Crippen LogP contribution in [0.25, 0.3) is 0 Å². The number of hydrogen-bond acceptors (Lipinski definition) is 2. The van der Waals surface area contributed by atoms with Crippen LogP contribution in [0.4, 0.5) is 5.69 Å². The summed E-state index contributed by atoms with van der Waals surface area (Å²) < 4.78 is 0. The van der Waals surface area contributed by atoms with Gasteiger partial charge in [0.25, 0.3) is 0 Å². The summed E-state index contributed by atoms with van der Waals surface area (Å²) in [6.07, 6.45) is 6.58. The molecule has 0 heterocycles. The number of hydrogen-bond donors (Lipinski definition) is 1. The van der Waals surface area contributed by atoms with Crippen molar-refractivity contribution in [3.63, 3.8) is 0 Å². The molecule has 3 heteroatoms. The molecule has 17 heavy (non-hydrogen) atoms. The Kier molecular flexibility index (Phi) is 4.30. The zero-order chi connectivity index (χ0) is 12.3. The molecule has 1 aliphatic rings. The van der Waals surface area contributed by atoms with Crippen LogP contribution in [0.1, 0.15) is 37.7 Å². The van der Waals surface area contributed by atoms with Gasteiger partial charge in [0.2, 0.25) is 0 Å². The van der Waals surface area contributed by atoms with E-state index in [0.29, 0.717) is 11.1 Å². The van der Waals surface area contributed by atoms with Gasteiger partial charge in [-0.2, -0.15) is 0 Å². The Morgan fingerprint density at radius 3 is 2.59 bits per heavy atom. The van der Waals surface area contributed by atoms with Gasteiger partial charge >= 0.3 is 0 Å². The Balaban J connectivity index is 2.12. The molecule has 1 aromatic rings. The molecule has 0 amide bonds. The fourth-order valence-electron chi connectivity index (χ4n) is 2.56. The molecule has 0 spiro atoms. The number of rotatable bonds is 3. The number of anilines is 1. The van der Waals surface area contributed by atoms with Gasteiger partial charge < -0.3 is 10.0 Å². The molecule has 1 aromatic carbocycles. The van der Waals surface area contributed by atoms with Crippen molar-refractivity contribution in [2.24, 2.45) is 0 Å². The molecule has 0 atom stereocenters. The molecule has 0 aromatic heterocycles. The van der Waals surface area contributed by atoms with Crippen molar-refractivity contribution in [3.05, 3.63) is 28.8 Å². The standard InChI is InChI=1S/C14H20ClNO/c1-16(12-5-3-2-4-6-12)13-8-7-11(10-17)14(15)9-13/h7-9,12,17H,2-6,10H2,1H3. The van der Waals surface area contributed by atoms with Crippen LogP contribution in [-0.4, -0.2) is 18.2 Å². The van der Waals surface area contributed by atoms with Crippen LogP contribution in [0, 0.1) is 0 Å². The average molecular weight is 254 g/mol. The largest absolute Gasteiger partial charge is 0.392 e. The van der Waals surface area contributed by atoms with Crippen molar-refractivity contribution in [1.29, 1.82) is 0 Å². The van der Waals surface area contributed by atoms with Crippen LogP contribution in [-0.2, 0) is 6.61 Å². The van der Waals surface area contributed by atoms with E-state index in [1.807, 2.05) is 18.2 Å². The summed E-state index contributed by atoms with van der Waals surface area (Å²) in [4.78, 5) is 2.33. The minimum absolute atomic E-state index is 0.00621. The average Bonchev–Trinajstić information content (AvgIpc) is 2.39. The van der Waals surface area contributed by atoms with Crippen molar-refractivity contribution in [2.75, 3.05) is 11.9 Å². The molecule has 0 bridgehead atoms. The summed E-state index contributed by atoms with van der Waals surface area (Å²) >= 11 is 6.13. The highest BCUT2D eigenvalue weighted by atomic mass is 35.5. The second-order valence-electron chi connectivity index (χ2n) is 4.84. The van der Waals surface area contributed by atoms with E-state index in [4.69, 9.17) is 16.7 Å². The lowest BCUT2D eigenvalue weighted by Crippen LogP contribution is -2.33. The summed E-state index contributed by atoms with van der Waals surface area (Å²) in [5.74, 6) is 0. The minimum Gasteiger partial charge on any atom is -0.392 e. The lowest BCUT2D eigenvalue weighted by molar-refractivity contribution is 0.282. The third-order valence-electron chi connectivity index (χ3n) is 3.74. The molecule has 0 aliphatic heterocycles. The molecule has 2 nitrogen and oxygen atoms in total. The first-order valence-electron chi connectivity index (χ1n) is 6.34. The van der Waals surface area contributed by atoms with Gasteiger partial charge in [-0.05, 0) is 30.5 Å². The third kappa shape index (κ3) is 2.93. The molecule has 1 aliphatic carbocycles. The Morgan fingerprint density at radius 1 is 1.29 bits per heavy atom. The number of nitrogens with zero attached hydrogens (tertiary/aromatic N) is 1. The molecule has 0 radical (unpaired) electrons. The highest BCUT2D eigenvalue weighted by Gasteiger charge is 2.18. The summed E-state index contributed by atoms with van der Waals surface area (Å²) in [5, 5.41) is 9.76. The van der Waals surface area contributed by atoms with Crippen LogP contribution >= 0.6 is 11.6 Å². The van der Waals surface area contributed by atoms with Gasteiger partial charge in [-0.25, -0.2) is 0 Å². The molecule has 94 valence electrons. The molecule has 2 rings (SSSR count). The Hall–Kier alpha value is -0.730. The fraction of sp³-hybridized carbons (Fsp3) is 0.571. The van der Waals surface area contributed by atoms with Gasteiger partial charge in [0.05, 0.1) is 6.61 Å². The van der Waals surface area contributed by atoms with Gasteiger partial charge in [-0.1, -0.05) is 36.9 Å². The zero-order valence-corrected chi connectivity index (χ0v) is 11.1. The minimum atomic E-state index is 0.00621. The highest BCUT2D eigenvalue weighted by molar-refractivity contribution is 6.31. The SMILES string of the molecule is CN(c1ccc(CO)c(Cl)c1)C1CCCCC1. The molecule has 1 saturated carbocycles. The Morgan fingerprint density at radius 2 is 2.00 bits per heavy atom. The normalized spacial score (nSPS) is 17.1. The summed E-state index contributed by atoms with van der Waals surface area (Å²) in [6.45, 7) is 0.00621. The van der Waals surface area contributed by atoms with Crippen LogP contribution in [0.2, 0.25) is 5.02 Å². The fourth-order valence-corrected chi connectivity index (χ4v) is 2.80. The predicted molar refractivity (Wildman–Crippen MR) is 72.7 cm³/mol. The van der Waals surface area contributed by atoms with E-state index in [0.717, 1.165) is 11.3 Å². The summed E-state index contributed by atoms with van der Waals surface area (Å²) in [7, 11) is 2.14. The van der Waals surface area contributed by atoms with E-state index >= 15 is 0 Å². The topological polar surface area (TPSA) is 23.5 Å². The van der Waals surface area contributed by atoms with Crippen molar-refractivity contribution in [2.45, 2.75) is 44.8 Å². The van der Waals surface area contributed by atoms with Crippen molar-refractivity contribution in [1.82, 2.24) is 0 Å². The number of aliphatic hydroxyl groups is 1. The lowest BCUT2D eigenvalue weighted by atomic mass is 9.94. The van der Waals surface area contributed by atoms with E-state index in [1.165, 1.54) is 32.1 Å². The van der Waals surface area contributed by atoms with E-state index in [2.05, 4.69) is 11.9 Å². The van der Waals surface area contributed by atoms with Crippen molar-refractivity contribution in [3.8, 4) is 0 Å². The Bertz CT molecular complexity index is 374. The maximum Gasteiger partial charge on any atom is 0.0696 e. The number of aliphatic hydroxyl groups excluding tert-OH is 1. The second kappa shape index (κ2) is 5.74. The zero-order valence-electron chi connectivity index (χ0n) is 10.3. The quantitative estimate of drug-likeness (QED) is 0.890. The summed E-state index contributed by atoms with van der Waals surface area (Å²) in [5.41, 5.74) is 1.95. The first kappa shape index (κ1) is 12.7. The lowest BCUT2D eigenvalue weighted by Gasteiger charge is -2.33. The molecule has 0 unspecified atom stereocenters. The van der Waals surface area contributed by atoms with Gasteiger partial charge in [0.15, 0.2) is 0 Å². The molecular formula is C14H20ClNO. The maximum absolute atomic E-state index is 9.10. The van der Waals surface area contributed by atoms with Crippen molar-refractivity contribution < 1.29 is 5.11 Å². The highest BCUT2D eigenvalue weighted by Crippen LogP contribution is 2.29. The van der Waals surface area contributed by atoms with Gasteiger partial charge in [-0.3, -0.25) is 0 Å². The first-order chi connectivity index (χ1) is 8.22. The Labute approximate surface area is 108 Å². The summed E-state index contributed by atoms with van der Waals surface area (Å²) in [6, 6.07) is 6.56. The first-order valence-corrected chi connectivity index (χ1v) is 6.72. The maximum atomic E-state index is 9.10. The van der Waals surface area contributed by atoms with Gasteiger partial charge in [0, 0.05) is 23.8 Å². The monoisotopic (exact) mass is 253 g/mol. The van der Waals surface area contributed by atoms with Crippen LogP contribution in [0.5, 0.6) is 0 Å². The van der Waals surface area contributed by atoms with Crippen LogP contribution < -0.4 is 4.90 Å². The number of benzene rings is 1. The number of halogens is 1. The third-order valence-corrected chi connectivity index (χ3v) is 4.09. The van der Waals surface area contributed by atoms with Gasteiger partial charge in [0.1, 0.15) is 0 Å². The van der Waals surface area contributed by atoms with E-state index < -0.39 is 0 Å². The van der Waals surface area contributed by atoms with Gasteiger partial charge in [-0.15, -0.1) is 0 Å². The molecule has 1 N–H and O–H groups in total. The molecule has 1 fully saturated rings. The van der Waals surface area contributed by atoms with E-state index in [-0.39, 0.29) is 6.61 Å². The smallest absolute Gasteiger partial charge is 0.0696 e. The second-order valence-corrected chi connectivity index (χ2v) is 5.24. The molecule has 0 saturated heterocycles. The van der Waals surface area contributed by atoms with E-state index in [1.54, 1.807) is 0 Å².